The third-order valence-electron chi connectivity index (χ3n) is 3.23. The van der Waals surface area contributed by atoms with E-state index < -0.39 is 5.97 Å². The molecule has 0 amide bonds. The van der Waals surface area contributed by atoms with Crippen LogP contribution in [0.5, 0.6) is 0 Å². The van der Waals surface area contributed by atoms with Gasteiger partial charge < -0.3 is 10.4 Å². The summed E-state index contributed by atoms with van der Waals surface area (Å²) in [5, 5.41) is 12.5. The van der Waals surface area contributed by atoms with Crippen LogP contribution >= 0.6 is 0 Å². The molecule has 0 aromatic heterocycles. The lowest BCUT2D eigenvalue weighted by Gasteiger charge is -2.16. The van der Waals surface area contributed by atoms with Crippen LogP contribution < -0.4 is 5.32 Å². The molecule has 98 valence electrons. The lowest BCUT2D eigenvalue weighted by molar-refractivity contribution is 0.0697. The maximum atomic E-state index is 11.4. The Morgan fingerprint density at radius 2 is 1.84 bits per heavy atom. The van der Waals surface area contributed by atoms with Crippen molar-refractivity contribution in [3.8, 4) is 11.1 Å². The van der Waals surface area contributed by atoms with E-state index in [-0.39, 0.29) is 0 Å². The summed E-state index contributed by atoms with van der Waals surface area (Å²) in [6, 6.07) is 13.2. The van der Waals surface area contributed by atoms with Crippen LogP contribution in [0.25, 0.3) is 11.1 Å². The van der Waals surface area contributed by atoms with Crippen molar-refractivity contribution in [3.63, 3.8) is 0 Å². The number of carboxylic acids is 1. The Hall–Kier alpha value is -2.29. The lowest BCUT2D eigenvalue weighted by Crippen LogP contribution is -2.05. The minimum Gasteiger partial charge on any atom is -0.478 e. The van der Waals surface area contributed by atoms with E-state index in [1.807, 2.05) is 50.4 Å². The first-order valence-corrected chi connectivity index (χ1v) is 6.31. The summed E-state index contributed by atoms with van der Waals surface area (Å²) < 4.78 is 0. The zero-order valence-electron chi connectivity index (χ0n) is 11.1. The Morgan fingerprint density at radius 1 is 1.16 bits per heavy atom. The number of benzene rings is 2. The second-order valence-electron chi connectivity index (χ2n) is 4.29. The van der Waals surface area contributed by atoms with Gasteiger partial charge in [0, 0.05) is 18.3 Å². The van der Waals surface area contributed by atoms with Crippen LogP contribution in [0.3, 0.4) is 0 Å². The van der Waals surface area contributed by atoms with E-state index in [0.29, 0.717) is 5.56 Å². The predicted octanol–water partition coefficient (Wildman–Crippen LogP) is 3.66. The molecule has 0 saturated carbocycles. The van der Waals surface area contributed by atoms with Crippen LogP contribution in [0, 0.1) is 0 Å². The minimum atomic E-state index is -0.892. The van der Waals surface area contributed by atoms with Crippen LogP contribution in [0.2, 0.25) is 0 Å². The van der Waals surface area contributed by atoms with Gasteiger partial charge in [-0.3, -0.25) is 0 Å². The quantitative estimate of drug-likeness (QED) is 0.876. The molecule has 2 aromatic carbocycles. The van der Waals surface area contributed by atoms with E-state index in [2.05, 4.69) is 5.32 Å². The van der Waals surface area contributed by atoms with Gasteiger partial charge in [0.25, 0.3) is 0 Å². The van der Waals surface area contributed by atoms with Crippen molar-refractivity contribution in [2.45, 2.75) is 13.3 Å². The molecule has 0 aliphatic rings. The number of hydrogen-bond acceptors (Lipinski definition) is 2. The summed E-state index contributed by atoms with van der Waals surface area (Å²) in [5.41, 5.74) is 4.11. The molecule has 19 heavy (non-hydrogen) atoms. The number of rotatable bonds is 4. The van der Waals surface area contributed by atoms with Crippen molar-refractivity contribution in [2.24, 2.45) is 0 Å². The second-order valence-corrected chi connectivity index (χ2v) is 4.29. The average Bonchev–Trinajstić information content (AvgIpc) is 2.46. The van der Waals surface area contributed by atoms with Gasteiger partial charge in [-0.25, -0.2) is 4.79 Å². The third-order valence-corrected chi connectivity index (χ3v) is 3.23. The van der Waals surface area contributed by atoms with E-state index in [1.54, 1.807) is 6.07 Å². The van der Waals surface area contributed by atoms with Crippen molar-refractivity contribution in [2.75, 3.05) is 12.4 Å². The lowest BCUT2D eigenvalue weighted by atomic mass is 9.91. The number of nitrogens with one attached hydrogen (secondary N) is 1. The minimum absolute atomic E-state index is 0.349. The Bertz CT molecular complexity index is 591. The monoisotopic (exact) mass is 255 g/mol. The molecule has 0 aliphatic carbocycles. The van der Waals surface area contributed by atoms with Crippen molar-refractivity contribution >= 4 is 11.7 Å². The fourth-order valence-electron chi connectivity index (χ4n) is 2.36. The fourth-order valence-corrected chi connectivity index (χ4v) is 2.36. The molecule has 0 atom stereocenters. The molecular weight excluding hydrogens is 238 g/mol. The van der Waals surface area contributed by atoms with Gasteiger partial charge in [0.05, 0.1) is 5.56 Å². The summed E-state index contributed by atoms with van der Waals surface area (Å²) in [4.78, 5) is 11.4. The zero-order valence-corrected chi connectivity index (χ0v) is 11.1. The van der Waals surface area contributed by atoms with E-state index in [4.69, 9.17) is 0 Å². The van der Waals surface area contributed by atoms with Crippen LogP contribution in [0.1, 0.15) is 22.8 Å². The number of anilines is 1. The summed E-state index contributed by atoms with van der Waals surface area (Å²) >= 11 is 0. The van der Waals surface area contributed by atoms with Crippen molar-refractivity contribution in [1.82, 2.24) is 0 Å². The first kappa shape index (κ1) is 13.1. The molecule has 0 heterocycles. The number of aromatic carboxylic acids is 1. The summed E-state index contributed by atoms with van der Waals surface area (Å²) in [6.07, 6.45) is 0.779. The van der Waals surface area contributed by atoms with Gasteiger partial charge in [0.1, 0.15) is 0 Å². The van der Waals surface area contributed by atoms with E-state index >= 15 is 0 Å². The van der Waals surface area contributed by atoms with Gasteiger partial charge in [-0.15, -0.1) is 0 Å². The second kappa shape index (κ2) is 5.57. The number of carbonyl (C=O) groups is 1. The summed E-state index contributed by atoms with van der Waals surface area (Å²) in [6.45, 7) is 2.04. The van der Waals surface area contributed by atoms with E-state index in [9.17, 15) is 9.90 Å². The molecule has 2 N–H and O–H groups in total. The first-order valence-electron chi connectivity index (χ1n) is 6.31. The van der Waals surface area contributed by atoms with Crippen molar-refractivity contribution in [1.29, 1.82) is 0 Å². The Balaban J connectivity index is 2.77. The van der Waals surface area contributed by atoms with E-state index in [0.717, 1.165) is 28.8 Å². The molecule has 0 radical (unpaired) electrons. The maximum Gasteiger partial charge on any atom is 0.336 e. The first-order chi connectivity index (χ1) is 9.19. The van der Waals surface area contributed by atoms with Crippen LogP contribution in [-0.2, 0) is 6.42 Å². The van der Waals surface area contributed by atoms with Gasteiger partial charge in [0.15, 0.2) is 0 Å². The highest BCUT2D eigenvalue weighted by Gasteiger charge is 2.17. The standard InChI is InChI=1S/C16H17NO2/c1-3-12-14(17-2)10-9-13(16(18)19)15(12)11-7-5-4-6-8-11/h4-10,17H,3H2,1-2H3,(H,18,19). The highest BCUT2D eigenvalue weighted by atomic mass is 16.4. The molecule has 3 nitrogen and oxygen atoms in total. The molecule has 0 saturated heterocycles. The highest BCUT2D eigenvalue weighted by Crippen LogP contribution is 2.33. The molecule has 0 unspecified atom stereocenters. The predicted molar refractivity (Wildman–Crippen MR) is 77.8 cm³/mol. The third kappa shape index (κ3) is 2.45. The normalized spacial score (nSPS) is 10.2. The molecule has 2 rings (SSSR count). The summed E-state index contributed by atoms with van der Waals surface area (Å²) in [5.74, 6) is -0.892. The van der Waals surface area contributed by atoms with Crippen LogP contribution in [0.15, 0.2) is 42.5 Å². The average molecular weight is 255 g/mol. The molecule has 3 heteroatoms. The molecule has 0 fully saturated rings. The zero-order chi connectivity index (χ0) is 13.8. The smallest absolute Gasteiger partial charge is 0.336 e. The summed E-state index contributed by atoms with van der Waals surface area (Å²) in [7, 11) is 1.85. The molecule has 0 bridgehead atoms. The Labute approximate surface area is 112 Å². The van der Waals surface area contributed by atoms with Crippen LogP contribution in [0.4, 0.5) is 5.69 Å². The maximum absolute atomic E-state index is 11.4. The topological polar surface area (TPSA) is 49.3 Å². The van der Waals surface area contributed by atoms with Gasteiger partial charge in [-0.2, -0.15) is 0 Å². The largest absolute Gasteiger partial charge is 0.478 e. The fraction of sp³-hybridized carbons (Fsp3) is 0.188. The van der Waals surface area contributed by atoms with Gasteiger partial charge in [0.2, 0.25) is 0 Å². The van der Waals surface area contributed by atoms with E-state index in [1.165, 1.54) is 0 Å². The Kier molecular flexibility index (Phi) is 3.85. The van der Waals surface area contributed by atoms with Crippen molar-refractivity contribution < 1.29 is 9.90 Å². The van der Waals surface area contributed by atoms with Crippen molar-refractivity contribution in [3.05, 3.63) is 53.6 Å². The SMILES string of the molecule is CCc1c(NC)ccc(C(=O)O)c1-c1ccccc1. The highest BCUT2D eigenvalue weighted by molar-refractivity contribution is 5.98. The molecule has 0 aliphatic heterocycles. The molecule has 2 aromatic rings. The van der Waals surface area contributed by atoms with Gasteiger partial charge in [-0.1, -0.05) is 37.3 Å². The Morgan fingerprint density at radius 3 is 2.37 bits per heavy atom. The van der Waals surface area contributed by atoms with Crippen LogP contribution in [-0.4, -0.2) is 18.1 Å². The number of carboxylic acid groups (broad SMARTS) is 1. The van der Waals surface area contributed by atoms with Gasteiger partial charge >= 0.3 is 5.97 Å². The van der Waals surface area contributed by atoms with Gasteiger partial charge in [-0.05, 0) is 29.7 Å². The molecule has 0 spiro atoms. The molecular formula is C16H17NO2. The number of hydrogen-bond donors (Lipinski definition) is 2.